The summed E-state index contributed by atoms with van der Waals surface area (Å²) in [5, 5.41) is 1.98. The van der Waals surface area contributed by atoms with Crippen molar-refractivity contribution in [1.82, 2.24) is 0 Å². The third-order valence-electron chi connectivity index (χ3n) is 5.10. The average Bonchev–Trinajstić information content (AvgIpc) is 2.71. The standard InChI is InChI=1S/C23H20O4/c1-26-22(24)20-9-5-3-7-16(20)12-13-18-14-17-11-10-15-6-2-4-8-19(15)21(17)23(25)27-18/h2-11,18H,12-14H2,1H3. The molecule has 1 atom stereocenters. The van der Waals surface area contributed by atoms with Crippen LogP contribution < -0.4 is 0 Å². The molecule has 4 heteroatoms. The highest BCUT2D eigenvalue weighted by atomic mass is 16.5. The molecule has 0 aliphatic carbocycles. The van der Waals surface area contributed by atoms with E-state index in [0.717, 1.165) is 21.9 Å². The van der Waals surface area contributed by atoms with Crippen LogP contribution in [-0.4, -0.2) is 25.2 Å². The van der Waals surface area contributed by atoms with Gasteiger partial charge in [0.2, 0.25) is 0 Å². The lowest BCUT2D eigenvalue weighted by Crippen LogP contribution is -2.28. The molecule has 0 amide bonds. The summed E-state index contributed by atoms with van der Waals surface area (Å²) in [5.74, 6) is -0.609. The van der Waals surface area contributed by atoms with E-state index in [0.29, 0.717) is 30.4 Å². The van der Waals surface area contributed by atoms with E-state index in [2.05, 4.69) is 6.07 Å². The van der Waals surface area contributed by atoms with Gasteiger partial charge in [0, 0.05) is 6.42 Å². The second-order valence-corrected chi connectivity index (χ2v) is 6.74. The molecule has 0 spiro atoms. The Hall–Kier alpha value is -3.14. The van der Waals surface area contributed by atoms with Gasteiger partial charge in [-0.15, -0.1) is 0 Å². The summed E-state index contributed by atoms with van der Waals surface area (Å²) < 4.78 is 10.6. The maximum atomic E-state index is 12.6. The molecule has 0 radical (unpaired) electrons. The molecule has 1 aliphatic heterocycles. The van der Waals surface area contributed by atoms with E-state index in [1.165, 1.54) is 7.11 Å². The topological polar surface area (TPSA) is 52.6 Å². The maximum Gasteiger partial charge on any atom is 0.339 e. The van der Waals surface area contributed by atoms with Crippen molar-refractivity contribution in [3.63, 3.8) is 0 Å². The number of hydrogen-bond donors (Lipinski definition) is 0. The zero-order valence-corrected chi connectivity index (χ0v) is 15.1. The molecule has 0 N–H and O–H groups in total. The monoisotopic (exact) mass is 360 g/mol. The van der Waals surface area contributed by atoms with Crippen LogP contribution in [0.1, 0.15) is 38.3 Å². The number of benzene rings is 3. The molecule has 1 aliphatic rings. The first-order valence-electron chi connectivity index (χ1n) is 9.05. The van der Waals surface area contributed by atoms with Gasteiger partial charge in [-0.25, -0.2) is 9.59 Å². The highest BCUT2D eigenvalue weighted by molar-refractivity contribution is 6.06. The number of cyclic esters (lactones) is 1. The van der Waals surface area contributed by atoms with Gasteiger partial charge in [-0.2, -0.15) is 0 Å². The summed E-state index contributed by atoms with van der Waals surface area (Å²) in [6.45, 7) is 0. The summed E-state index contributed by atoms with van der Waals surface area (Å²) in [4.78, 5) is 24.6. The van der Waals surface area contributed by atoms with Gasteiger partial charge in [0.05, 0.1) is 18.2 Å². The second-order valence-electron chi connectivity index (χ2n) is 6.74. The molecule has 1 unspecified atom stereocenters. The highest BCUT2D eigenvalue weighted by Gasteiger charge is 2.28. The van der Waals surface area contributed by atoms with Crippen LogP contribution >= 0.6 is 0 Å². The van der Waals surface area contributed by atoms with Gasteiger partial charge in [-0.05, 0) is 40.8 Å². The number of carbonyl (C=O) groups excluding carboxylic acids is 2. The number of carbonyl (C=O) groups is 2. The number of hydrogen-bond acceptors (Lipinski definition) is 4. The van der Waals surface area contributed by atoms with Crippen molar-refractivity contribution in [3.8, 4) is 0 Å². The number of ether oxygens (including phenoxy) is 2. The Morgan fingerprint density at radius 3 is 2.70 bits per heavy atom. The third kappa shape index (κ3) is 3.31. The minimum absolute atomic E-state index is 0.197. The van der Waals surface area contributed by atoms with E-state index in [4.69, 9.17) is 9.47 Å². The van der Waals surface area contributed by atoms with E-state index in [1.807, 2.05) is 48.5 Å². The predicted octanol–water partition coefficient (Wildman–Crippen LogP) is 4.34. The van der Waals surface area contributed by atoms with E-state index < -0.39 is 0 Å². The van der Waals surface area contributed by atoms with E-state index in [9.17, 15) is 9.59 Å². The maximum absolute atomic E-state index is 12.6. The van der Waals surface area contributed by atoms with Crippen molar-refractivity contribution in [2.24, 2.45) is 0 Å². The van der Waals surface area contributed by atoms with Gasteiger partial charge >= 0.3 is 11.9 Å². The first-order valence-corrected chi connectivity index (χ1v) is 9.05. The molecule has 0 saturated carbocycles. The lowest BCUT2D eigenvalue weighted by atomic mass is 9.91. The van der Waals surface area contributed by atoms with Crippen molar-refractivity contribution in [3.05, 3.63) is 82.9 Å². The Bertz CT molecular complexity index is 1020. The van der Waals surface area contributed by atoms with Crippen molar-refractivity contribution in [2.75, 3.05) is 7.11 Å². The molecule has 4 nitrogen and oxygen atoms in total. The lowest BCUT2D eigenvalue weighted by molar-refractivity contribution is 0.0241. The summed E-state index contributed by atoms with van der Waals surface area (Å²) in [6, 6.07) is 19.3. The van der Waals surface area contributed by atoms with Crippen LogP contribution in [0.25, 0.3) is 10.8 Å². The highest BCUT2D eigenvalue weighted by Crippen LogP contribution is 2.30. The number of aryl methyl sites for hydroxylation is 1. The van der Waals surface area contributed by atoms with Gasteiger partial charge in [0.25, 0.3) is 0 Å². The zero-order chi connectivity index (χ0) is 18.8. The summed E-state index contributed by atoms with van der Waals surface area (Å²) in [6.07, 6.45) is 1.79. The molecule has 3 aromatic carbocycles. The Labute approximate surface area is 157 Å². The molecule has 27 heavy (non-hydrogen) atoms. The second kappa shape index (κ2) is 7.23. The van der Waals surface area contributed by atoms with Crippen LogP contribution in [0.4, 0.5) is 0 Å². The fraction of sp³-hybridized carbons (Fsp3) is 0.217. The fourth-order valence-electron chi connectivity index (χ4n) is 3.75. The van der Waals surface area contributed by atoms with Gasteiger partial charge in [0.15, 0.2) is 0 Å². The molecular formula is C23H20O4. The molecule has 136 valence electrons. The summed E-state index contributed by atoms with van der Waals surface area (Å²) in [5.41, 5.74) is 3.17. The Kier molecular flexibility index (Phi) is 4.63. The SMILES string of the molecule is COC(=O)c1ccccc1CCC1Cc2ccc3ccccc3c2C(=O)O1. The average molecular weight is 360 g/mol. The zero-order valence-electron chi connectivity index (χ0n) is 15.1. The lowest BCUT2D eigenvalue weighted by Gasteiger charge is -2.26. The fourth-order valence-corrected chi connectivity index (χ4v) is 3.75. The van der Waals surface area contributed by atoms with Crippen LogP contribution in [0.15, 0.2) is 60.7 Å². The Morgan fingerprint density at radius 1 is 1.07 bits per heavy atom. The normalized spacial score (nSPS) is 15.9. The van der Waals surface area contributed by atoms with Crippen LogP contribution in [0.2, 0.25) is 0 Å². The first kappa shape index (κ1) is 17.3. The number of esters is 2. The minimum atomic E-state index is -0.344. The molecule has 1 heterocycles. The number of fused-ring (bicyclic) bond motifs is 3. The van der Waals surface area contributed by atoms with Crippen LogP contribution in [0.3, 0.4) is 0 Å². The predicted molar refractivity (Wildman–Crippen MR) is 103 cm³/mol. The number of rotatable bonds is 4. The Balaban J connectivity index is 1.54. The van der Waals surface area contributed by atoms with Gasteiger partial charge < -0.3 is 9.47 Å². The van der Waals surface area contributed by atoms with Gasteiger partial charge in [-0.3, -0.25) is 0 Å². The van der Waals surface area contributed by atoms with E-state index >= 15 is 0 Å². The summed E-state index contributed by atoms with van der Waals surface area (Å²) in [7, 11) is 1.38. The number of methoxy groups -OCH3 is 1. The first-order chi connectivity index (χ1) is 13.2. The molecule has 0 bridgehead atoms. The van der Waals surface area contributed by atoms with Crippen molar-refractivity contribution >= 4 is 22.7 Å². The van der Waals surface area contributed by atoms with Crippen molar-refractivity contribution in [1.29, 1.82) is 0 Å². The van der Waals surface area contributed by atoms with Crippen LogP contribution in [-0.2, 0) is 22.3 Å². The molecular weight excluding hydrogens is 340 g/mol. The third-order valence-corrected chi connectivity index (χ3v) is 5.10. The molecule has 0 saturated heterocycles. The summed E-state index contributed by atoms with van der Waals surface area (Å²) >= 11 is 0. The van der Waals surface area contributed by atoms with Crippen LogP contribution in [0, 0.1) is 0 Å². The van der Waals surface area contributed by atoms with Crippen molar-refractivity contribution < 1.29 is 19.1 Å². The van der Waals surface area contributed by atoms with Gasteiger partial charge in [-0.1, -0.05) is 54.6 Å². The Morgan fingerprint density at radius 2 is 1.85 bits per heavy atom. The van der Waals surface area contributed by atoms with Crippen LogP contribution in [0.5, 0.6) is 0 Å². The largest absolute Gasteiger partial charge is 0.465 e. The quantitative estimate of drug-likeness (QED) is 0.650. The molecule has 4 rings (SSSR count). The van der Waals surface area contributed by atoms with Crippen molar-refractivity contribution in [2.45, 2.75) is 25.4 Å². The molecule has 0 fully saturated rings. The van der Waals surface area contributed by atoms with E-state index in [1.54, 1.807) is 6.07 Å². The molecule has 3 aromatic rings. The minimum Gasteiger partial charge on any atom is -0.465 e. The molecule has 0 aromatic heterocycles. The van der Waals surface area contributed by atoms with E-state index in [-0.39, 0.29) is 18.0 Å². The smallest absolute Gasteiger partial charge is 0.339 e. The van der Waals surface area contributed by atoms with Gasteiger partial charge in [0.1, 0.15) is 6.10 Å².